The summed E-state index contributed by atoms with van der Waals surface area (Å²) in [5, 5.41) is 0. The summed E-state index contributed by atoms with van der Waals surface area (Å²) in [6.07, 6.45) is 0.801. The fraction of sp³-hybridized carbons (Fsp3) is 1.00. The molecular formula is C4H6FIO. The maximum Gasteiger partial charge on any atom is 0.127 e. The van der Waals surface area contributed by atoms with Gasteiger partial charge in [-0.05, 0) is 12.8 Å². The molecule has 0 saturated heterocycles. The van der Waals surface area contributed by atoms with Crippen LogP contribution in [-0.2, 0) is 3.07 Å². The molecule has 0 heterocycles. The zero-order valence-corrected chi connectivity index (χ0v) is 5.89. The SMILES string of the molecule is FC1CCC1OI. The smallest absolute Gasteiger partial charge is 0.127 e. The Balaban J connectivity index is 2.16. The number of halogens is 2. The number of alkyl halides is 1. The van der Waals surface area contributed by atoms with Gasteiger partial charge in [-0.2, -0.15) is 0 Å². The Morgan fingerprint density at radius 2 is 2.29 bits per heavy atom. The molecular weight excluding hydrogens is 210 g/mol. The lowest BCUT2D eigenvalue weighted by Gasteiger charge is -2.26. The lowest BCUT2D eigenvalue weighted by Crippen LogP contribution is -2.33. The largest absolute Gasteiger partial charge is 0.309 e. The average molecular weight is 216 g/mol. The van der Waals surface area contributed by atoms with Crippen LogP contribution in [0.1, 0.15) is 12.8 Å². The van der Waals surface area contributed by atoms with E-state index >= 15 is 0 Å². The van der Waals surface area contributed by atoms with E-state index in [1.807, 2.05) is 0 Å². The molecule has 1 rings (SSSR count). The fourth-order valence-corrected chi connectivity index (χ4v) is 1.10. The molecule has 7 heavy (non-hydrogen) atoms. The highest BCUT2D eigenvalue weighted by molar-refractivity contribution is 14.1. The van der Waals surface area contributed by atoms with Gasteiger partial charge in [0.05, 0.1) is 0 Å². The second kappa shape index (κ2) is 2.26. The van der Waals surface area contributed by atoms with E-state index in [1.165, 1.54) is 0 Å². The van der Waals surface area contributed by atoms with E-state index in [0.29, 0.717) is 6.42 Å². The van der Waals surface area contributed by atoms with Crippen molar-refractivity contribution < 1.29 is 7.46 Å². The van der Waals surface area contributed by atoms with Gasteiger partial charge in [-0.1, -0.05) is 0 Å². The average Bonchev–Trinajstić information content (AvgIpc) is 1.65. The van der Waals surface area contributed by atoms with Crippen LogP contribution in [0.3, 0.4) is 0 Å². The highest BCUT2D eigenvalue weighted by atomic mass is 127. The van der Waals surface area contributed by atoms with Gasteiger partial charge in [0.1, 0.15) is 35.3 Å². The third-order valence-electron chi connectivity index (χ3n) is 1.24. The molecule has 0 spiro atoms. The molecule has 1 nitrogen and oxygen atoms in total. The Bertz CT molecular complexity index is 66.7. The maximum absolute atomic E-state index is 12.1. The van der Waals surface area contributed by atoms with E-state index < -0.39 is 6.17 Å². The molecule has 2 atom stereocenters. The molecule has 0 aromatic rings. The molecule has 0 bridgehead atoms. The van der Waals surface area contributed by atoms with Gasteiger partial charge < -0.3 is 3.07 Å². The van der Waals surface area contributed by atoms with Crippen LogP contribution in [0.2, 0.25) is 0 Å². The first-order valence-corrected chi connectivity index (χ1v) is 3.14. The molecule has 1 saturated carbocycles. The summed E-state index contributed by atoms with van der Waals surface area (Å²) in [4.78, 5) is 0. The molecule has 42 valence electrons. The zero-order chi connectivity index (χ0) is 5.28. The molecule has 1 fully saturated rings. The van der Waals surface area contributed by atoms with Crippen LogP contribution in [0, 0.1) is 0 Å². The summed E-state index contributed by atoms with van der Waals surface area (Å²) in [6, 6.07) is 0. The Labute approximate surface area is 55.9 Å². The Hall–Kier alpha value is 0.620. The highest BCUT2D eigenvalue weighted by Crippen LogP contribution is 2.27. The number of rotatable bonds is 1. The van der Waals surface area contributed by atoms with Crippen molar-refractivity contribution in [2.24, 2.45) is 0 Å². The quantitative estimate of drug-likeness (QED) is 0.607. The van der Waals surface area contributed by atoms with Crippen molar-refractivity contribution in [1.29, 1.82) is 0 Å². The van der Waals surface area contributed by atoms with Gasteiger partial charge >= 0.3 is 0 Å². The molecule has 2 unspecified atom stereocenters. The van der Waals surface area contributed by atoms with E-state index in [-0.39, 0.29) is 6.10 Å². The van der Waals surface area contributed by atoms with E-state index in [0.717, 1.165) is 6.42 Å². The first-order valence-electron chi connectivity index (χ1n) is 2.26. The van der Waals surface area contributed by atoms with Gasteiger partial charge in [0, 0.05) is 0 Å². The first-order chi connectivity index (χ1) is 3.34. The fourth-order valence-electron chi connectivity index (χ4n) is 0.529. The monoisotopic (exact) mass is 216 g/mol. The van der Waals surface area contributed by atoms with E-state index in [1.54, 1.807) is 23.0 Å². The van der Waals surface area contributed by atoms with Gasteiger partial charge in [-0.15, -0.1) is 0 Å². The van der Waals surface area contributed by atoms with Gasteiger partial charge in [0.25, 0.3) is 0 Å². The molecule has 0 aromatic carbocycles. The summed E-state index contributed by atoms with van der Waals surface area (Å²) < 4.78 is 16.7. The summed E-state index contributed by atoms with van der Waals surface area (Å²) in [5.41, 5.74) is 0. The van der Waals surface area contributed by atoms with Crippen LogP contribution >= 0.6 is 23.0 Å². The summed E-state index contributed by atoms with van der Waals surface area (Å²) in [6.45, 7) is 0. The predicted molar refractivity (Wildman–Crippen MR) is 33.0 cm³/mol. The van der Waals surface area contributed by atoms with Crippen molar-refractivity contribution in [2.45, 2.75) is 25.1 Å². The Kier molecular flexibility index (Phi) is 1.86. The lowest BCUT2D eigenvalue weighted by molar-refractivity contribution is 0.0511. The predicted octanol–water partition coefficient (Wildman–Crippen LogP) is 1.85. The van der Waals surface area contributed by atoms with Crippen LogP contribution < -0.4 is 0 Å². The van der Waals surface area contributed by atoms with E-state index in [9.17, 15) is 4.39 Å². The van der Waals surface area contributed by atoms with Crippen molar-refractivity contribution >= 4 is 23.0 Å². The lowest BCUT2D eigenvalue weighted by atomic mass is 9.94. The number of hydrogen-bond donors (Lipinski definition) is 0. The topological polar surface area (TPSA) is 9.23 Å². The normalized spacial score (nSPS) is 40.3. The molecule has 0 aromatic heterocycles. The Morgan fingerprint density at radius 1 is 1.57 bits per heavy atom. The third-order valence-corrected chi connectivity index (χ3v) is 1.90. The maximum atomic E-state index is 12.1. The van der Waals surface area contributed by atoms with Gasteiger partial charge in [0.15, 0.2) is 0 Å². The van der Waals surface area contributed by atoms with Gasteiger partial charge in [-0.3, -0.25) is 0 Å². The van der Waals surface area contributed by atoms with Crippen molar-refractivity contribution in [3.8, 4) is 0 Å². The minimum atomic E-state index is -0.683. The molecule has 0 amide bonds. The van der Waals surface area contributed by atoms with Gasteiger partial charge in [0.2, 0.25) is 0 Å². The van der Waals surface area contributed by atoms with E-state index in [2.05, 4.69) is 0 Å². The van der Waals surface area contributed by atoms with Crippen molar-refractivity contribution in [3.05, 3.63) is 0 Å². The second-order valence-electron chi connectivity index (χ2n) is 1.72. The van der Waals surface area contributed by atoms with E-state index in [4.69, 9.17) is 3.07 Å². The molecule has 0 aliphatic heterocycles. The van der Waals surface area contributed by atoms with Crippen LogP contribution in [0.5, 0.6) is 0 Å². The molecule has 1 aliphatic rings. The highest BCUT2D eigenvalue weighted by Gasteiger charge is 2.30. The standard InChI is InChI=1S/C4H6FIO/c5-3-1-2-4(3)7-6/h3-4H,1-2H2. The Morgan fingerprint density at radius 3 is 2.29 bits per heavy atom. The number of hydrogen-bond acceptors (Lipinski definition) is 1. The van der Waals surface area contributed by atoms with Crippen molar-refractivity contribution in [1.82, 2.24) is 0 Å². The molecule has 1 aliphatic carbocycles. The van der Waals surface area contributed by atoms with Crippen LogP contribution in [0.15, 0.2) is 0 Å². The molecule has 3 heteroatoms. The van der Waals surface area contributed by atoms with Crippen LogP contribution in [-0.4, -0.2) is 12.3 Å². The minimum absolute atomic E-state index is 0.0967. The van der Waals surface area contributed by atoms with Crippen molar-refractivity contribution in [2.75, 3.05) is 0 Å². The molecule has 0 radical (unpaired) electrons. The van der Waals surface area contributed by atoms with Crippen LogP contribution in [0.25, 0.3) is 0 Å². The minimum Gasteiger partial charge on any atom is -0.309 e. The summed E-state index contributed by atoms with van der Waals surface area (Å²) >= 11 is 1.74. The summed E-state index contributed by atoms with van der Waals surface area (Å²) in [5.74, 6) is 0. The second-order valence-corrected chi connectivity index (χ2v) is 2.23. The van der Waals surface area contributed by atoms with Crippen molar-refractivity contribution in [3.63, 3.8) is 0 Å². The molecule has 0 N–H and O–H groups in total. The summed E-state index contributed by atoms with van der Waals surface area (Å²) in [7, 11) is 0. The first kappa shape index (κ1) is 5.75. The third kappa shape index (κ3) is 1.05. The zero-order valence-electron chi connectivity index (χ0n) is 3.73. The van der Waals surface area contributed by atoms with Crippen LogP contribution in [0.4, 0.5) is 4.39 Å². The van der Waals surface area contributed by atoms with Gasteiger partial charge in [-0.25, -0.2) is 4.39 Å².